The normalized spacial score (nSPS) is 10.7. The maximum absolute atomic E-state index is 10.6. The van der Waals surface area contributed by atoms with E-state index >= 15 is 0 Å². The van der Waals surface area contributed by atoms with Crippen LogP contribution in [0, 0.1) is 0 Å². The van der Waals surface area contributed by atoms with Gasteiger partial charge >= 0.3 is 5.97 Å². The number of nitrogens with zero attached hydrogens (tertiary/aromatic N) is 2. The van der Waals surface area contributed by atoms with Crippen molar-refractivity contribution < 1.29 is 9.90 Å². The van der Waals surface area contributed by atoms with Crippen LogP contribution < -0.4 is 5.73 Å². The second kappa shape index (κ2) is 3.54. The van der Waals surface area contributed by atoms with Crippen LogP contribution in [0.15, 0.2) is 22.8 Å². The summed E-state index contributed by atoms with van der Waals surface area (Å²) in [6, 6.07) is 3.60. The number of pyridine rings is 1. The van der Waals surface area contributed by atoms with Crippen molar-refractivity contribution in [1.82, 2.24) is 9.38 Å². The van der Waals surface area contributed by atoms with Crippen LogP contribution in [0.1, 0.15) is 5.69 Å². The first-order valence-corrected chi connectivity index (χ1v) is 5.01. The third-order valence-corrected chi connectivity index (χ3v) is 2.48. The van der Waals surface area contributed by atoms with E-state index in [4.69, 9.17) is 10.8 Å². The minimum absolute atomic E-state index is 0.162. The van der Waals surface area contributed by atoms with Gasteiger partial charge in [-0.15, -0.1) is 0 Å². The summed E-state index contributed by atoms with van der Waals surface area (Å²) in [4.78, 5) is 14.7. The van der Waals surface area contributed by atoms with Crippen LogP contribution in [0.25, 0.3) is 5.65 Å². The van der Waals surface area contributed by atoms with Gasteiger partial charge in [-0.05, 0) is 28.1 Å². The van der Waals surface area contributed by atoms with Gasteiger partial charge in [0.25, 0.3) is 0 Å². The molecule has 78 valence electrons. The van der Waals surface area contributed by atoms with Gasteiger partial charge in [-0.25, -0.2) is 4.98 Å². The van der Waals surface area contributed by atoms with Gasteiger partial charge in [0, 0.05) is 10.7 Å². The third-order valence-electron chi connectivity index (χ3n) is 2.01. The molecule has 0 aliphatic rings. The Morgan fingerprint density at radius 2 is 2.33 bits per heavy atom. The Morgan fingerprint density at radius 1 is 1.60 bits per heavy atom. The van der Waals surface area contributed by atoms with Gasteiger partial charge in [0.1, 0.15) is 11.5 Å². The summed E-state index contributed by atoms with van der Waals surface area (Å²) < 4.78 is 2.52. The molecule has 2 aromatic heterocycles. The number of anilines is 1. The lowest BCUT2D eigenvalue weighted by atomic mass is 10.3. The lowest BCUT2D eigenvalue weighted by Gasteiger charge is -1.97. The van der Waals surface area contributed by atoms with Crippen LogP contribution in [-0.4, -0.2) is 20.5 Å². The Hall–Kier alpha value is -1.56. The summed E-state index contributed by atoms with van der Waals surface area (Å²) >= 11 is 3.31. The lowest BCUT2D eigenvalue weighted by molar-refractivity contribution is -0.136. The van der Waals surface area contributed by atoms with Crippen molar-refractivity contribution in [3.8, 4) is 0 Å². The van der Waals surface area contributed by atoms with Gasteiger partial charge in [0.05, 0.1) is 12.1 Å². The van der Waals surface area contributed by atoms with Crippen molar-refractivity contribution in [3.05, 3.63) is 28.5 Å². The monoisotopic (exact) mass is 269 g/mol. The smallest absolute Gasteiger partial charge is 0.309 e. The average molecular weight is 270 g/mol. The Balaban J connectivity index is 2.59. The highest BCUT2D eigenvalue weighted by Crippen LogP contribution is 2.18. The topological polar surface area (TPSA) is 80.6 Å². The van der Waals surface area contributed by atoms with E-state index in [1.807, 2.05) is 6.07 Å². The molecular formula is C9H8BrN3O2. The fourth-order valence-electron chi connectivity index (χ4n) is 1.36. The Bertz CT molecular complexity index is 535. The molecule has 0 saturated carbocycles. The molecule has 3 N–H and O–H groups in total. The quantitative estimate of drug-likeness (QED) is 0.862. The van der Waals surface area contributed by atoms with E-state index in [0.29, 0.717) is 17.2 Å². The molecule has 2 rings (SSSR count). The van der Waals surface area contributed by atoms with Crippen LogP contribution >= 0.6 is 15.9 Å². The molecule has 2 aromatic rings. The molecule has 0 amide bonds. The summed E-state index contributed by atoms with van der Waals surface area (Å²) in [5, 5.41) is 8.66. The molecule has 0 radical (unpaired) electrons. The molecule has 5 nitrogen and oxygen atoms in total. The van der Waals surface area contributed by atoms with Gasteiger partial charge in [0.15, 0.2) is 0 Å². The highest BCUT2D eigenvalue weighted by Gasteiger charge is 2.12. The van der Waals surface area contributed by atoms with Crippen molar-refractivity contribution in [2.75, 3.05) is 5.73 Å². The van der Waals surface area contributed by atoms with E-state index in [9.17, 15) is 4.79 Å². The number of halogens is 1. The van der Waals surface area contributed by atoms with Crippen molar-refractivity contribution in [1.29, 1.82) is 0 Å². The van der Waals surface area contributed by atoms with E-state index in [2.05, 4.69) is 20.9 Å². The standard InChI is InChI=1S/C9H8BrN3O2/c10-5-1-2-7-12-6(3-8(14)15)9(11)13(7)4-5/h1-2,4H,3,11H2,(H,14,15). The summed E-state index contributed by atoms with van der Waals surface area (Å²) in [7, 11) is 0. The highest BCUT2D eigenvalue weighted by atomic mass is 79.9. The number of carboxylic acid groups (broad SMARTS) is 1. The summed E-state index contributed by atoms with van der Waals surface area (Å²) in [5.74, 6) is -0.571. The number of carbonyl (C=O) groups is 1. The van der Waals surface area contributed by atoms with Crippen molar-refractivity contribution >= 4 is 33.4 Å². The zero-order valence-corrected chi connectivity index (χ0v) is 9.23. The Morgan fingerprint density at radius 3 is 3.00 bits per heavy atom. The first kappa shape index (κ1) is 9.97. The van der Waals surface area contributed by atoms with Crippen LogP contribution in [0.3, 0.4) is 0 Å². The van der Waals surface area contributed by atoms with Gasteiger partial charge in [0.2, 0.25) is 0 Å². The second-order valence-electron chi connectivity index (χ2n) is 3.09. The molecule has 0 aromatic carbocycles. The first-order valence-electron chi connectivity index (χ1n) is 4.21. The van der Waals surface area contributed by atoms with E-state index in [1.165, 1.54) is 0 Å². The molecule has 0 bridgehead atoms. The minimum atomic E-state index is -0.941. The van der Waals surface area contributed by atoms with Crippen LogP contribution in [0.5, 0.6) is 0 Å². The third kappa shape index (κ3) is 1.80. The predicted molar refractivity (Wildman–Crippen MR) is 58.6 cm³/mol. The molecule has 0 aliphatic heterocycles. The number of fused-ring (bicyclic) bond motifs is 1. The largest absolute Gasteiger partial charge is 0.481 e. The Labute approximate surface area is 93.7 Å². The molecule has 0 fully saturated rings. The van der Waals surface area contributed by atoms with E-state index < -0.39 is 5.97 Å². The maximum Gasteiger partial charge on any atom is 0.309 e. The molecule has 15 heavy (non-hydrogen) atoms. The number of aromatic nitrogens is 2. The maximum atomic E-state index is 10.6. The van der Waals surface area contributed by atoms with Crippen LogP contribution in [0.4, 0.5) is 5.82 Å². The average Bonchev–Trinajstić information content (AvgIpc) is 2.44. The van der Waals surface area contributed by atoms with E-state index in [0.717, 1.165) is 4.47 Å². The molecule has 0 aliphatic carbocycles. The van der Waals surface area contributed by atoms with Crippen LogP contribution in [0.2, 0.25) is 0 Å². The SMILES string of the molecule is Nc1c(CC(=O)O)nc2ccc(Br)cn12. The number of nitrogens with two attached hydrogens (primary N) is 1. The first-order chi connectivity index (χ1) is 7.08. The number of aliphatic carboxylic acids is 1. The number of imidazole rings is 1. The lowest BCUT2D eigenvalue weighted by Crippen LogP contribution is -2.03. The number of nitrogen functional groups attached to an aromatic ring is 1. The number of hydrogen-bond donors (Lipinski definition) is 2. The molecule has 2 heterocycles. The summed E-state index contributed by atoms with van der Waals surface area (Å²) in [6.45, 7) is 0. The fraction of sp³-hybridized carbons (Fsp3) is 0.111. The molecular weight excluding hydrogens is 262 g/mol. The molecule has 6 heteroatoms. The van der Waals surface area contributed by atoms with Gasteiger partial charge < -0.3 is 10.8 Å². The predicted octanol–water partition coefficient (Wildman–Crippen LogP) is 1.31. The summed E-state index contributed by atoms with van der Waals surface area (Å²) in [6.07, 6.45) is 1.59. The van der Waals surface area contributed by atoms with E-state index in [1.54, 1.807) is 16.7 Å². The number of rotatable bonds is 2. The Kier molecular flexibility index (Phi) is 2.36. The minimum Gasteiger partial charge on any atom is -0.481 e. The fourth-order valence-corrected chi connectivity index (χ4v) is 1.70. The molecule has 0 saturated heterocycles. The molecule has 0 atom stereocenters. The van der Waals surface area contributed by atoms with Crippen LogP contribution in [-0.2, 0) is 11.2 Å². The van der Waals surface area contributed by atoms with E-state index in [-0.39, 0.29) is 6.42 Å². The van der Waals surface area contributed by atoms with Gasteiger partial charge in [-0.2, -0.15) is 0 Å². The summed E-state index contributed by atoms with van der Waals surface area (Å²) in [5.41, 5.74) is 6.81. The number of hydrogen-bond acceptors (Lipinski definition) is 3. The van der Waals surface area contributed by atoms with Crippen molar-refractivity contribution in [2.45, 2.75) is 6.42 Å². The van der Waals surface area contributed by atoms with Gasteiger partial charge in [-0.1, -0.05) is 0 Å². The zero-order chi connectivity index (χ0) is 11.0. The molecule has 0 spiro atoms. The van der Waals surface area contributed by atoms with Gasteiger partial charge in [-0.3, -0.25) is 9.20 Å². The number of carboxylic acids is 1. The van der Waals surface area contributed by atoms with Crippen molar-refractivity contribution in [2.24, 2.45) is 0 Å². The van der Waals surface area contributed by atoms with Crippen molar-refractivity contribution in [3.63, 3.8) is 0 Å². The highest BCUT2D eigenvalue weighted by molar-refractivity contribution is 9.10. The molecule has 0 unspecified atom stereocenters. The second-order valence-corrected chi connectivity index (χ2v) is 4.01. The zero-order valence-electron chi connectivity index (χ0n) is 7.64.